The molecule has 12 heavy (non-hydrogen) atoms. The van der Waals surface area contributed by atoms with Gasteiger partial charge in [0.25, 0.3) is 0 Å². The van der Waals surface area contributed by atoms with Gasteiger partial charge in [-0.15, -0.1) is 0 Å². The van der Waals surface area contributed by atoms with Crippen LogP contribution in [0.15, 0.2) is 18.2 Å². The van der Waals surface area contributed by atoms with E-state index in [0.29, 0.717) is 0 Å². The average Bonchev–Trinajstić information content (AvgIpc) is 2.14. The second-order valence-electron chi connectivity index (χ2n) is 2.15. The van der Waals surface area contributed by atoms with Crippen LogP contribution in [0.25, 0.3) is 0 Å². The van der Waals surface area contributed by atoms with Crippen molar-refractivity contribution in [3.63, 3.8) is 0 Å². The number of hydrogen-bond donors (Lipinski definition) is 0. The molecule has 0 heterocycles. The number of hydrogen-bond acceptors (Lipinski definition) is 0. The summed E-state index contributed by atoms with van der Waals surface area (Å²) in [5, 5.41) is 0. The molecule has 1 radical (unpaired) electrons. The first-order valence-corrected chi connectivity index (χ1v) is 3.05. The molecule has 0 bridgehead atoms. The number of rotatable bonds is 1. The van der Waals surface area contributed by atoms with Gasteiger partial charge in [-0.2, -0.15) is 17.7 Å². The van der Waals surface area contributed by atoms with E-state index in [-0.39, 0.29) is 55.8 Å². The SMILES string of the molecule is CC[c-]1ccc(C)c1.[Cl-].[Cl-].[Cl-].[V+4]. The number of halogens is 3. The van der Waals surface area contributed by atoms with Crippen molar-refractivity contribution in [3.05, 3.63) is 29.3 Å². The molecule has 0 saturated carbocycles. The van der Waals surface area contributed by atoms with Crippen LogP contribution in [-0.2, 0) is 25.0 Å². The standard InChI is InChI=1S/C8H11.3ClH.V/c1-3-8-5-4-7(2)6-8;;;;/h4-6H,3H2,1-2H3;3*1H;/q-1;;;;+4/p-3. The van der Waals surface area contributed by atoms with Gasteiger partial charge in [-0.1, -0.05) is 20.3 Å². The van der Waals surface area contributed by atoms with E-state index < -0.39 is 0 Å². The van der Waals surface area contributed by atoms with Crippen molar-refractivity contribution in [1.29, 1.82) is 0 Å². The molecule has 1 aromatic rings. The Morgan fingerprint density at radius 3 is 1.92 bits per heavy atom. The molecular formula is C8H11Cl3V. The molecule has 0 aliphatic rings. The Labute approximate surface area is 105 Å². The summed E-state index contributed by atoms with van der Waals surface area (Å²) in [7, 11) is 0. The first-order chi connectivity index (χ1) is 3.83. The Morgan fingerprint density at radius 2 is 1.75 bits per heavy atom. The van der Waals surface area contributed by atoms with Gasteiger partial charge < -0.3 is 37.2 Å². The van der Waals surface area contributed by atoms with Gasteiger partial charge in [0, 0.05) is 0 Å². The van der Waals surface area contributed by atoms with E-state index in [1.807, 2.05) is 0 Å². The maximum atomic E-state index is 2.22. The van der Waals surface area contributed by atoms with E-state index in [0.717, 1.165) is 6.42 Å². The molecule has 0 unspecified atom stereocenters. The van der Waals surface area contributed by atoms with Gasteiger partial charge in [-0.25, -0.2) is 11.6 Å². The van der Waals surface area contributed by atoms with Crippen LogP contribution in [-0.4, -0.2) is 0 Å². The molecular weight excluding hydrogens is 253 g/mol. The Hall–Kier alpha value is 0.804. The van der Waals surface area contributed by atoms with Gasteiger partial charge >= 0.3 is 18.6 Å². The Morgan fingerprint density at radius 1 is 1.25 bits per heavy atom. The summed E-state index contributed by atoms with van der Waals surface area (Å²) in [6, 6.07) is 6.55. The normalized spacial score (nSPS) is 6.50. The molecule has 0 nitrogen and oxygen atoms in total. The van der Waals surface area contributed by atoms with E-state index in [2.05, 4.69) is 32.0 Å². The van der Waals surface area contributed by atoms with Crippen LogP contribution >= 0.6 is 0 Å². The molecule has 0 aromatic heterocycles. The molecule has 0 N–H and O–H groups in total. The van der Waals surface area contributed by atoms with Crippen LogP contribution in [0.4, 0.5) is 0 Å². The summed E-state index contributed by atoms with van der Waals surface area (Å²) in [4.78, 5) is 0. The molecule has 0 spiro atoms. The van der Waals surface area contributed by atoms with Crippen molar-refractivity contribution in [2.45, 2.75) is 20.3 Å². The molecule has 0 aliphatic heterocycles. The van der Waals surface area contributed by atoms with E-state index >= 15 is 0 Å². The minimum Gasteiger partial charge on any atom is -1.00 e. The van der Waals surface area contributed by atoms with Crippen LogP contribution < -0.4 is 37.2 Å². The van der Waals surface area contributed by atoms with Crippen LogP contribution in [0, 0.1) is 6.92 Å². The zero-order chi connectivity index (χ0) is 5.98. The molecule has 69 valence electrons. The first kappa shape index (κ1) is 23.0. The molecule has 0 atom stereocenters. The third kappa shape index (κ3) is 7.45. The third-order valence-electron chi connectivity index (χ3n) is 1.38. The Balaban J connectivity index is -0.0000000800. The van der Waals surface area contributed by atoms with Gasteiger partial charge in [-0.3, -0.25) is 0 Å². The molecule has 0 amide bonds. The Kier molecular flexibility index (Phi) is 22.6. The van der Waals surface area contributed by atoms with Gasteiger partial charge in [0.2, 0.25) is 0 Å². The fourth-order valence-corrected chi connectivity index (χ4v) is 0.847. The molecule has 4 heteroatoms. The van der Waals surface area contributed by atoms with E-state index in [1.165, 1.54) is 11.1 Å². The van der Waals surface area contributed by atoms with Crippen molar-refractivity contribution in [2.24, 2.45) is 0 Å². The molecule has 0 saturated heterocycles. The second-order valence-corrected chi connectivity index (χ2v) is 2.15. The van der Waals surface area contributed by atoms with Gasteiger partial charge in [0.15, 0.2) is 0 Å². The second kappa shape index (κ2) is 11.8. The topological polar surface area (TPSA) is 0 Å². The zero-order valence-corrected chi connectivity index (χ0v) is 10.7. The largest absolute Gasteiger partial charge is 4.00 e. The van der Waals surface area contributed by atoms with Crippen LogP contribution in [0.2, 0.25) is 0 Å². The summed E-state index contributed by atoms with van der Waals surface area (Å²) in [5.74, 6) is 0. The summed E-state index contributed by atoms with van der Waals surface area (Å²) in [5.41, 5.74) is 2.82. The fourth-order valence-electron chi connectivity index (χ4n) is 0.847. The zero-order valence-electron chi connectivity index (χ0n) is 7.02. The third-order valence-corrected chi connectivity index (χ3v) is 1.38. The smallest absolute Gasteiger partial charge is 1.00 e. The summed E-state index contributed by atoms with van der Waals surface area (Å²) in [6.45, 7) is 4.30. The number of aryl methyl sites for hydroxylation is 2. The van der Waals surface area contributed by atoms with Gasteiger partial charge in [0.05, 0.1) is 0 Å². The van der Waals surface area contributed by atoms with Crippen LogP contribution in [0.1, 0.15) is 18.1 Å². The minimum atomic E-state index is 0. The monoisotopic (exact) mass is 263 g/mol. The minimum absolute atomic E-state index is 0. The summed E-state index contributed by atoms with van der Waals surface area (Å²) in [6.07, 6.45) is 1.16. The average molecular weight is 264 g/mol. The van der Waals surface area contributed by atoms with E-state index in [1.54, 1.807) is 0 Å². The van der Waals surface area contributed by atoms with Crippen LogP contribution in [0.5, 0.6) is 0 Å². The molecule has 1 rings (SSSR count). The van der Waals surface area contributed by atoms with E-state index in [4.69, 9.17) is 0 Å². The molecule has 1 aromatic carbocycles. The van der Waals surface area contributed by atoms with E-state index in [9.17, 15) is 0 Å². The Bertz CT molecular complexity index is 175. The predicted octanol–water partition coefficient (Wildman–Crippen LogP) is -6.71. The maximum Gasteiger partial charge on any atom is 4.00 e. The summed E-state index contributed by atoms with van der Waals surface area (Å²) >= 11 is 0. The van der Waals surface area contributed by atoms with Crippen molar-refractivity contribution in [3.8, 4) is 0 Å². The summed E-state index contributed by atoms with van der Waals surface area (Å²) < 4.78 is 0. The van der Waals surface area contributed by atoms with Crippen LogP contribution in [0.3, 0.4) is 0 Å². The fraction of sp³-hybridized carbons (Fsp3) is 0.375. The predicted molar refractivity (Wildman–Crippen MR) is 36.1 cm³/mol. The van der Waals surface area contributed by atoms with Gasteiger partial charge in [-0.05, 0) is 0 Å². The quantitative estimate of drug-likeness (QED) is 0.443. The van der Waals surface area contributed by atoms with Crippen molar-refractivity contribution < 1.29 is 55.8 Å². The van der Waals surface area contributed by atoms with Crippen molar-refractivity contribution in [1.82, 2.24) is 0 Å². The maximum absolute atomic E-state index is 2.22. The van der Waals surface area contributed by atoms with Gasteiger partial charge in [0.1, 0.15) is 0 Å². The van der Waals surface area contributed by atoms with Crippen molar-refractivity contribution in [2.75, 3.05) is 0 Å². The first-order valence-electron chi connectivity index (χ1n) is 3.05. The molecule has 0 fully saturated rings. The molecule has 0 aliphatic carbocycles. The van der Waals surface area contributed by atoms with Crippen molar-refractivity contribution >= 4 is 0 Å².